The fourth-order valence-corrected chi connectivity index (χ4v) is 7.22. The Labute approximate surface area is 172 Å². The summed E-state index contributed by atoms with van der Waals surface area (Å²) in [5.74, 6) is 0. The first-order valence-electron chi connectivity index (χ1n) is 12.0. The van der Waals surface area contributed by atoms with E-state index in [1.807, 2.05) is 0 Å². The maximum absolute atomic E-state index is 2.85. The molecule has 156 valence electrons. The van der Waals surface area contributed by atoms with Gasteiger partial charge >= 0.3 is 0 Å². The second-order valence-corrected chi connectivity index (χ2v) is 10.3. The minimum Gasteiger partial charge on any atom is -0.279 e. The predicted octanol–water partition coefficient (Wildman–Crippen LogP) is 4.23. The van der Waals surface area contributed by atoms with Crippen molar-refractivity contribution in [3.05, 3.63) is 0 Å². The van der Waals surface area contributed by atoms with Gasteiger partial charge in [-0.2, -0.15) is 0 Å². The number of nitrogens with zero attached hydrogens (tertiary/aromatic N) is 4. The maximum atomic E-state index is 2.85. The molecule has 0 amide bonds. The van der Waals surface area contributed by atoms with E-state index in [1.54, 1.807) is 0 Å². The summed E-state index contributed by atoms with van der Waals surface area (Å²) in [5.41, 5.74) is 1.22. The lowest BCUT2D eigenvalue weighted by molar-refractivity contribution is 0.0538. The quantitative estimate of drug-likeness (QED) is 0.666. The molecule has 4 aliphatic rings. The molecule has 4 rings (SSSR count). The Morgan fingerprint density at radius 2 is 0.556 bits per heavy atom. The Balaban J connectivity index is 1.49. The Kier molecular flexibility index (Phi) is 8.20. The molecule has 0 unspecified atom stereocenters. The fourth-order valence-electron chi connectivity index (χ4n) is 5.47. The summed E-state index contributed by atoms with van der Waals surface area (Å²) in [6, 6.07) is 0. The van der Waals surface area contributed by atoms with Gasteiger partial charge in [0, 0.05) is 52.4 Å². The van der Waals surface area contributed by atoms with Crippen molar-refractivity contribution in [2.24, 2.45) is 0 Å². The van der Waals surface area contributed by atoms with Crippen LogP contribution in [0.2, 0.25) is 0 Å². The molecule has 0 aromatic heterocycles. The SMILES string of the molecule is C1CCN(C(SC(N2CCCCC2)N2CCCCC2)N2CCCCC2)CC1. The van der Waals surface area contributed by atoms with Crippen molar-refractivity contribution in [3.63, 3.8) is 0 Å². The molecule has 0 aromatic rings. The van der Waals surface area contributed by atoms with E-state index in [1.165, 1.54) is 129 Å². The van der Waals surface area contributed by atoms with Gasteiger partial charge in [0.15, 0.2) is 0 Å². The molecule has 0 aliphatic carbocycles. The lowest BCUT2D eigenvalue weighted by atomic mass is 10.1. The van der Waals surface area contributed by atoms with E-state index < -0.39 is 0 Å². The van der Waals surface area contributed by atoms with Crippen LogP contribution in [0.4, 0.5) is 0 Å². The maximum Gasteiger partial charge on any atom is 0.113 e. The normalized spacial score (nSPS) is 28.2. The number of likely N-dealkylation sites (tertiary alicyclic amines) is 4. The number of hydrogen-bond donors (Lipinski definition) is 0. The standard InChI is InChI=1S/C22H42N4S/c1-5-13-23(14-6-1)21(24-15-7-2-8-16-24)27-22(25-17-9-3-10-18-25)26-19-11-4-12-20-26/h21-22H,1-20H2. The molecule has 4 saturated heterocycles. The van der Waals surface area contributed by atoms with E-state index in [2.05, 4.69) is 31.4 Å². The molecular weight excluding hydrogens is 352 g/mol. The highest BCUT2D eigenvalue weighted by atomic mass is 32.2. The Hall–Kier alpha value is 0.190. The van der Waals surface area contributed by atoms with Gasteiger partial charge < -0.3 is 0 Å². The van der Waals surface area contributed by atoms with Gasteiger partial charge in [-0.15, -0.1) is 0 Å². The van der Waals surface area contributed by atoms with Gasteiger partial charge in [-0.3, -0.25) is 19.6 Å². The van der Waals surface area contributed by atoms with Crippen LogP contribution < -0.4 is 0 Å². The van der Waals surface area contributed by atoms with E-state index in [4.69, 9.17) is 0 Å². The van der Waals surface area contributed by atoms with E-state index in [0.717, 1.165) is 0 Å². The molecule has 0 saturated carbocycles. The monoisotopic (exact) mass is 394 g/mol. The molecule has 4 fully saturated rings. The van der Waals surface area contributed by atoms with Gasteiger partial charge in [0.1, 0.15) is 11.0 Å². The third-order valence-electron chi connectivity index (χ3n) is 7.06. The second-order valence-electron chi connectivity index (χ2n) is 9.18. The number of thioether (sulfide) groups is 1. The molecule has 4 aliphatic heterocycles. The second kappa shape index (κ2) is 10.8. The summed E-state index contributed by atoms with van der Waals surface area (Å²) in [6.45, 7) is 10.6. The van der Waals surface area contributed by atoms with E-state index in [9.17, 15) is 0 Å². The molecular formula is C22H42N4S. The molecule has 0 N–H and O–H groups in total. The van der Waals surface area contributed by atoms with Crippen molar-refractivity contribution in [2.75, 3.05) is 52.4 Å². The van der Waals surface area contributed by atoms with Crippen molar-refractivity contribution in [2.45, 2.75) is 88.0 Å². The molecule has 0 bridgehead atoms. The van der Waals surface area contributed by atoms with Crippen molar-refractivity contribution >= 4 is 11.8 Å². The molecule has 4 heterocycles. The molecule has 0 spiro atoms. The largest absolute Gasteiger partial charge is 0.279 e. The van der Waals surface area contributed by atoms with Crippen LogP contribution in [0, 0.1) is 0 Å². The Morgan fingerprint density at radius 3 is 0.778 bits per heavy atom. The summed E-state index contributed by atoms with van der Waals surface area (Å²) in [4.78, 5) is 11.4. The van der Waals surface area contributed by atoms with E-state index in [0.29, 0.717) is 11.0 Å². The third kappa shape index (κ3) is 5.63. The van der Waals surface area contributed by atoms with Crippen molar-refractivity contribution in [1.82, 2.24) is 19.6 Å². The minimum atomic E-state index is 0.611. The topological polar surface area (TPSA) is 13.0 Å². The Bertz CT molecular complexity index is 337. The van der Waals surface area contributed by atoms with Crippen molar-refractivity contribution < 1.29 is 0 Å². The van der Waals surface area contributed by atoms with E-state index >= 15 is 0 Å². The lowest BCUT2D eigenvalue weighted by Crippen LogP contribution is -2.56. The fraction of sp³-hybridized carbons (Fsp3) is 1.00. The first-order chi connectivity index (χ1) is 13.4. The van der Waals surface area contributed by atoms with Crippen LogP contribution in [0.3, 0.4) is 0 Å². The lowest BCUT2D eigenvalue weighted by Gasteiger charge is -2.48. The molecule has 5 heteroatoms. The van der Waals surface area contributed by atoms with Crippen LogP contribution in [-0.4, -0.2) is 83.0 Å². The predicted molar refractivity (Wildman–Crippen MR) is 117 cm³/mol. The van der Waals surface area contributed by atoms with Crippen molar-refractivity contribution in [3.8, 4) is 0 Å². The highest BCUT2D eigenvalue weighted by Gasteiger charge is 2.35. The summed E-state index contributed by atoms with van der Waals surface area (Å²) in [5, 5.41) is 0. The van der Waals surface area contributed by atoms with Gasteiger partial charge in [-0.1, -0.05) is 37.4 Å². The van der Waals surface area contributed by atoms with Gasteiger partial charge in [0.05, 0.1) is 0 Å². The number of rotatable bonds is 6. The Morgan fingerprint density at radius 1 is 0.333 bits per heavy atom. The van der Waals surface area contributed by atoms with Crippen LogP contribution in [0.5, 0.6) is 0 Å². The van der Waals surface area contributed by atoms with Gasteiger partial charge in [-0.05, 0) is 51.4 Å². The zero-order valence-electron chi connectivity index (χ0n) is 17.5. The summed E-state index contributed by atoms with van der Waals surface area (Å²) < 4.78 is 0. The summed E-state index contributed by atoms with van der Waals surface area (Å²) in [6.07, 6.45) is 17.0. The highest BCUT2D eigenvalue weighted by Crippen LogP contribution is 2.34. The number of piperidine rings is 4. The van der Waals surface area contributed by atoms with Crippen LogP contribution in [0.15, 0.2) is 0 Å². The van der Waals surface area contributed by atoms with Crippen LogP contribution in [0.25, 0.3) is 0 Å². The molecule has 0 aromatic carbocycles. The van der Waals surface area contributed by atoms with Crippen LogP contribution in [-0.2, 0) is 0 Å². The number of hydrogen-bond acceptors (Lipinski definition) is 5. The van der Waals surface area contributed by atoms with Gasteiger partial charge in [0.25, 0.3) is 0 Å². The zero-order chi connectivity index (χ0) is 18.3. The summed E-state index contributed by atoms with van der Waals surface area (Å²) in [7, 11) is 0. The molecule has 0 radical (unpaired) electrons. The zero-order valence-corrected chi connectivity index (χ0v) is 18.3. The minimum absolute atomic E-state index is 0.611. The smallest absolute Gasteiger partial charge is 0.113 e. The average molecular weight is 395 g/mol. The first-order valence-corrected chi connectivity index (χ1v) is 13.0. The van der Waals surface area contributed by atoms with Gasteiger partial charge in [0.2, 0.25) is 0 Å². The first kappa shape index (κ1) is 20.5. The average Bonchev–Trinajstić information content (AvgIpc) is 2.77. The third-order valence-corrected chi connectivity index (χ3v) is 8.73. The highest BCUT2D eigenvalue weighted by molar-refractivity contribution is 8.00. The molecule has 4 nitrogen and oxygen atoms in total. The van der Waals surface area contributed by atoms with Crippen LogP contribution in [0.1, 0.15) is 77.0 Å². The van der Waals surface area contributed by atoms with E-state index in [-0.39, 0.29) is 0 Å². The van der Waals surface area contributed by atoms with Crippen LogP contribution >= 0.6 is 11.8 Å². The van der Waals surface area contributed by atoms with Gasteiger partial charge in [-0.25, -0.2) is 0 Å². The van der Waals surface area contributed by atoms with Crippen molar-refractivity contribution in [1.29, 1.82) is 0 Å². The molecule has 0 atom stereocenters. The summed E-state index contributed by atoms with van der Waals surface area (Å²) >= 11 is 2.32. The molecule has 27 heavy (non-hydrogen) atoms.